The third kappa shape index (κ3) is 7.47. The maximum Gasteiger partial charge on any atom is 0.419 e. The molecule has 1 amide bonds. The van der Waals surface area contributed by atoms with E-state index in [4.69, 9.17) is 4.74 Å². The lowest BCUT2D eigenvalue weighted by molar-refractivity contribution is -0.138. The van der Waals surface area contributed by atoms with Crippen molar-refractivity contribution in [1.82, 2.24) is 19.2 Å². The first-order valence-corrected chi connectivity index (χ1v) is 17.5. The zero-order valence-electron chi connectivity index (χ0n) is 26.3. The van der Waals surface area contributed by atoms with E-state index in [1.54, 1.807) is 12.1 Å². The molecule has 0 spiro atoms. The van der Waals surface area contributed by atoms with Crippen LogP contribution in [0.5, 0.6) is 5.75 Å². The van der Waals surface area contributed by atoms with E-state index in [0.29, 0.717) is 36.3 Å². The number of aryl methyl sites for hydroxylation is 2. The third-order valence-corrected chi connectivity index (χ3v) is 10.5. The van der Waals surface area contributed by atoms with Crippen molar-refractivity contribution in [3.63, 3.8) is 0 Å². The number of piperazine rings is 1. The summed E-state index contributed by atoms with van der Waals surface area (Å²) in [6.45, 7) is 4.14. The second kappa shape index (κ2) is 13.3. The number of alkyl halides is 3. The van der Waals surface area contributed by atoms with E-state index in [-0.39, 0.29) is 36.8 Å². The molecule has 0 aliphatic carbocycles. The van der Waals surface area contributed by atoms with Crippen LogP contribution in [0.15, 0.2) is 42.6 Å². The second-order valence-corrected chi connectivity index (χ2v) is 14.1. The molecule has 47 heavy (non-hydrogen) atoms. The molecular formula is C32H38F3N7O4S. The highest BCUT2D eigenvalue weighted by Crippen LogP contribution is 2.36. The van der Waals surface area contributed by atoms with Crippen LogP contribution in [0, 0.1) is 0 Å². The molecule has 0 unspecified atom stereocenters. The first-order chi connectivity index (χ1) is 22.4. The predicted molar refractivity (Wildman–Crippen MR) is 173 cm³/mol. The first kappa shape index (κ1) is 33.0. The van der Waals surface area contributed by atoms with Gasteiger partial charge in [0.2, 0.25) is 21.9 Å². The van der Waals surface area contributed by atoms with Crippen LogP contribution in [0.1, 0.15) is 35.2 Å². The van der Waals surface area contributed by atoms with Gasteiger partial charge in [-0.05, 0) is 55.0 Å². The molecule has 6 rings (SSSR count). The molecule has 2 N–H and O–H groups in total. The van der Waals surface area contributed by atoms with Gasteiger partial charge in [0.15, 0.2) is 0 Å². The standard InChI is InChI=1S/C32H38F3N7O4S/c1-46-29-18-23(40-12-10-22(11-13-40)41-14-16-42(17-15-41)47(2,44)45)7-9-28(29)39-31-36-20-25(32(33,34)35)27(38-31)8-6-21-4-3-5-26-24(21)19-30(43)37-26/h3-5,7,9,18,20,22H,6,8,10-17,19H2,1-2H3,(H,37,43)(H,36,38,39). The Morgan fingerprint density at radius 2 is 1.79 bits per heavy atom. The molecule has 1 aromatic heterocycles. The molecule has 11 nitrogen and oxygen atoms in total. The predicted octanol–water partition coefficient (Wildman–Crippen LogP) is 4.07. The minimum atomic E-state index is -4.62. The van der Waals surface area contributed by atoms with Gasteiger partial charge in [0, 0.05) is 68.9 Å². The maximum atomic E-state index is 13.9. The topological polar surface area (TPSA) is 120 Å². The Labute approximate surface area is 272 Å². The zero-order chi connectivity index (χ0) is 33.3. The van der Waals surface area contributed by atoms with Crippen LogP contribution in [-0.4, -0.2) is 92.2 Å². The zero-order valence-corrected chi connectivity index (χ0v) is 27.1. The number of piperidine rings is 1. The number of hydrogen-bond donors (Lipinski definition) is 2. The quantitative estimate of drug-likeness (QED) is 0.347. The van der Waals surface area contributed by atoms with E-state index < -0.39 is 21.8 Å². The molecule has 3 aliphatic heterocycles. The largest absolute Gasteiger partial charge is 0.494 e. The summed E-state index contributed by atoms with van der Waals surface area (Å²) >= 11 is 0. The van der Waals surface area contributed by atoms with E-state index in [1.807, 2.05) is 24.3 Å². The number of hydrogen-bond acceptors (Lipinski definition) is 9. The van der Waals surface area contributed by atoms with Crippen molar-refractivity contribution in [3.05, 3.63) is 65.0 Å². The number of fused-ring (bicyclic) bond motifs is 1. The van der Waals surface area contributed by atoms with Crippen LogP contribution >= 0.6 is 0 Å². The fourth-order valence-electron chi connectivity index (χ4n) is 6.70. The van der Waals surface area contributed by atoms with Gasteiger partial charge in [0.1, 0.15) is 5.75 Å². The van der Waals surface area contributed by atoms with E-state index >= 15 is 0 Å². The normalized spacial score (nSPS) is 18.2. The van der Waals surface area contributed by atoms with Crippen LogP contribution in [0.2, 0.25) is 0 Å². The lowest BCUT2D eigenvalue weighted by Gasteiger charge is -2.42. The van der Waals surface area contributed by atoms with Gasteiger partial charge >= 0.3 is 6.18 Å². The van der Waals surface area contributed by atoms with E-state index in [2.05, 4.69) is 30.4 Å². The lowest BCUT2D eigenvalue weighted by Crippen LogP contribution is -2.54. The molecule has 3 aromatic rings. The van der Waals surface area contributed by atoms with Gasteiger partial charge in [-0.25, -0.2) is 18.4 Å². The molecule has 0 saturated carbocycles. The SMILES string of the molecule is COc1cc(N2CCC(N3CCN(S(C)(=O)=O)CC3)CC2)ccc1Nc1ncc(C(F)(F)F)c(CCc2cccc3c2CC(=O)N3)n1. The van der Waals surface area contributed by atoms with Gasteiger partial charge in [-0.2, -0.15) is 17.5 Å². The Balaban J connectivity index is 1.12. The van der Waals surface area contributed by atoms with Crippen molar-refractivity contribution in [2.24, 2.45) is 0 Å². The van der Waals surface area contributed by atoms with Crippen LogP contribution in [0.3, 0.4) is 0 Å². The van der Waals surface area contributed by atoms with Crippen LogP contribution < -0.4 is 20.3 Å². The van der Waals surface area contributed by atoms with Crippen LogP contribution in [0.4, 0.5) is 36.2 Å². The molecule has 252 valence electrons. The molecular weight excluding hydrogens is 635 g/mol. The molecule has 15 heteroatoms. The average Bonchev–Trinajstić information content (AvgIpc) is 3.44. The summed E-state index contributed by atoms with van der Waals surface area (Å²) in [7, 11) is -1.63. The fourth-order valence-corrected chi connectivity index (χ4v) is 7.52. The van der Waals surface area contributed by atoms with Crippen molar-refractivity contribution in [3.8, 4) is 5.75 Å². The van der Waals surface area contributed by atoms with E-state index in [1.165, 1.54) is 17.7 Å². The van der Waals surface area contributed by atoms with Gasteiger partial charge in [0.25, 0.3) is 0 Å². The number of aromatic nitrogens is 2. The smallest absolute Gasteiger partial charge is 0.419 e. The third-order valence-electron chi connectivity index (χ3n) is 9.21. The summed E-state index contributed by atoms with van der Waals surface area (Å²) in [6, 6.07) is 11.4. The summed E-state index contributed by atoms with van der Waals surface area (Å²) in [4.78, 5) is 24.8. The van der Waals surface area contributed by atoms with Crippen molar-refractivity contribution in [2.45, 2.75) is 44.3 Å². The van der Waals surface area contributed by atoms with E-state index in [0.717, 1.165) is 62.0 Å². The summed E-state index contributed by atoms with van der Waals surface area (Å²) in [5.41, 5.74) is 2.75. The number of anilines is 4. The first-order valence-electron chi connectivity index (χ1n) is 15.6. The highest BCUT2D eigenvalue weighted by atomic mass is 32.2. The number of methoxy groups -OCH3 is 1. The number of nitrogens with zero attached hydrogens (tertiary/aromatic N) is 5. The number of carbonyl (C=O) groups is 1. The van der Waals surface area contributed by atoms with Gasteiger partial charge in [0.05, 0.1) is 36.7 Å². The molecule has 3 aliphatic rings. The van der Waals surface area contributed by atoms with Crippen molar-refractivity contribution < 1.29 is 31.1 Å². The number of carbonyl (C=O) groups excluding carboxylic acids is 1. The number of ether oxygens (including phenoxy) is 1. The summed E-state index contributed by atoms with van der Waals surface area (Å²) < 4.78 is 72.7. The highest BCUT2D eigenvalue weighted by Gasteiger charge is 2.35. The minimum absolute atomic E-state index is 0.0100. The fraction of sp³-hybridized carbons (Fsp3) is 0.469. The van der Waals surface area contributed by atoms with Crippen LogP contribution in [0.25, 0.3) is 0 Å². The number of benzene rings is 2. The summed E-state index contributed by atoms with van der Waals surface area (Å²) in [6.07, 6.45) is -0.181. The molecule has 2 aromatic carbocycles. The Bertz CT molecular complexity index is 1740. The number of nitrogens with one attached hydrogen (secondary N) is 2. The van der Waals surface area contributed by atoms with Gasteiger partial charge in [-0.3, -0.25) is 9.69 Å². The van der Waals surface area contributed by atoms with E-state index in [9.17, 15) is 26.4 Å². The van der Waals surface area contributed by atoms with Gasteiger partial charge in [-0.1, -0.05) is 12.1 Å². The minimum Gasteiger partial charge on any atom is -0.494 e. The lowest BCUT2D eigenvalue weighted by atomic mass is 9.98. The van der Waals surface area contributed by atoms with Crippen molar-refractivity contribution >= 4 is 38.9 Å². The number of amides is 1. The number of rotatable bonds is 9. The Kier molecular flexibility index (Phi) is 9.31. The second-order valence-electron chi connectivity index (χ2n) is 12.1. The molecule has 0 bridgehead atoms. The molecule has 2 saturated heterocycles. The molecule has 0 radical (unpaired) electrons. The monoisotopic (exact) mass is 673 g/mol. The molecule has 0 atom stereocenters. The maximum absolute atomic E-state index is 13.9. The Hall–Kier alpha value is -3.95. The van der Waals surface area contributed by atoms with Crippen molar-refractivity contribution in [1.29, 1.82) is 0 Å². The van der Waals surface area contributed by atoms with Gasteiger partial charge < -0.3 is 20.3 Å². The summed E-state index contributed by atoms with van der Waals surface area (Å²) in [5.74, 6) is 0.387. The summed E-state index contributed by atoms with van der Waals surface area (Å²) in [5, 5.41) is 5.82. The van der Waals surface area contributed by atoms with Gasteiger partial charge in [-0.15, -0.1) is 0 Å². The average molecular weight is 674 g/mol. The number of halogens is 3. The Morgan fingerprint density at radius 1 is 1.04 bits per heavy atom. The molecule has 2 fully saturated rings. The number of sulfonamides is 1. The van der Waals surface area contributed by atoms with Crippen molar-refractivity contribution in [2.75, 3.05) is 68.2 Å². The Morgan fingerprint density at radius 3 is 2.47 bits per heavy atom. The van der Waals surface area contributed by atoms with Crippen LogP contribution in [-0.2, 0) is 40.3 Å². The highest BCUT2D eigenvalue weighted by molar-refractivity contribution is 7.88. The molecule has 4 heterocycles.